The number of benzene rings is 1. The number of ether oxygens (including phenoxy) is 1. The molecule has 2 rings (SSSR count). The SMILES string of the molecule is Cc1cc(C)c2c(c1Br)OC(C)(C)C2. The average Bonchev–Trinajstić information content (AvgIpc) is 2.38. The highest BCUT2D eigenvalue weighted by Gasteiger charge is 2.33. The van der Waals surface area contributed by atoms with Crippen molar-refractivity contribution < 1.29 is 4.74 Å². The van der Waals surface area contributed by atoms with E-state index in [0.717, 1.165) is 16.6 Å². The maximum absolute atomic E-state index is 5.94. The molecule has 1 aromatic rings. The van der Waals surface area contributed by atoms with Gasteiger partial charge in [-0.1, -0.05) is 6.07 Å². The quantitative estimate of drug-likeness (QED) is 0.685. The van der Waals surface area contributed by atoms with Crippen molar-refractivity contribution >= 4 is 15.9 Å². The zero-order valence-corrected chi connectivity index (χ0v) is 10.7. The van der Waals surface area contributed by atoms with Gasteiger partial charge in [-0.15, -0.1) is 0 Å². The molecule has 0 aromatic heterocycles. The van der Waals surface area contributed by atoms with Gasteiger partial charge in [0.25, 0.3) is 0 Å². The molecule has 0 saturated carbocycles. The van der Waals surface area contributed by atoms with E-state index < -0.39 is 0 Å². The van der Waals surface area contributed by atoms with E-state index in [1.807, 2.05) is 0 Å². The number of rotatable bonds is 0. The first-order valence-corrected chi connectivity index (χ1v) is 5.67. The number of hydrogen-bond acceptors (Lipinski definition) is 1. The molecule has 0 saturated heterocycles. The molecule has 0 atom stereocenters. The van der Waals surface area contributed by atoms with Crippen LogP contribution in [-0.2, 0) is 6.42 Å². The highest BCUT2D eigenvalue weighted by atomic mass is 79.9. The first kappa shape index (κ1) is 10.0. The van der Waals surface area contributed by atoms with E-state index in [9.17, 15) is 0 Å². The lowest BCUT2D eigenvalue weighted by molar-refractivity contribution is 0.137. The first-order valence-electron chi connectivity index (χ1n) is 4.88. The van der Waals surface area contributed by atoms with E-state index in [1.54, 1.807) is 0 Å². The third-order valence-electron chi connectivity index (χ3n) is 2.71. The highest BCUT2D eigenvalue weighted by Crippen LogP contribution is 2.43. The molecule has 1 aliphatic rings. The molecule has 0 amide bonds. The molecule has 1 nitrogen and oxygen atoms in total. The molecule has 0 unspecified atom stereocenters. The van der Waals surface area contributed by atoms with Gasteiger partial charge < -0.3 is 4.74 Å². The molecule has 0 fully saturated rings. The molecule has 14 heavy (non-hydrogen) atoms. The molecule has 0 aliphatic carbocycles. The summed E-state index contributed by atoms with van der Waals surface area (Å²) in [7, 11) is 0. The van der Waals surface area contributed by atoms with Crippen molar-refractivity contribution in [1.82, 2.24) is 0 Å². The Hall–Kier alpha value is -0.500. The Bertz CT molecular complexity index is 394. The van der Waals surface area contributed by atoms with Crippen molar-refractivity contribution in [1.29, 1.82) is 0 Å². The second-order valence-corrected chi connectivity index (χ2v) is 5.46. The van der Waals surface area contributed by atoms with Crippen LogP contribution >= 0.6 is 15.9 Å². The molecular formula is C12H15BrO. The zero-order chi connectivity index (χ0) is 10.5. The topological polar surface area (TPSA) is 9.23 Å². The maximum Gasteiger partial charge on any atom is 0.138 e. The first-order chi connectivity index (χ1) is 6.41. The summed E-state index contributed by atoms with van der Waals surface area (Å²) < 4.78 is 7.05. The maximum atomic E-state index is 5.94. The van der Waals surface area contributed by atoms with Crippen LogP contribution in [0.5, 0.6) is 5.75 Å². The van der Waals surface area contributed by atoms with E-state index in [4.69, 9.17) is 4.74 Å². The second-order valence-electron chi connectivity index (χ2n) is 4.67. The minimum Gasteiger partial charge on any atom is -0.486 e. The monoisotopic (exact) mass is 254 g/mol. The van der Waals surface area contributed by atoms with Gasteiger partial charge in [-0.2, -0.15) is 0 Å². The molecular weight excluding hydrogens is 240 g/mol. The molecule has 1 aromatic carbocycles. The summed E-state index contributed by atoms with van der Waals surface area (Å²) in [5.74, 6) is 1.05. The van der Waals surface area contributed by atoms with Crippen LogP contribution in [0.1, 0.15) is 30.5 Å². The Kier molecular flexibility index (Phi) is 2.15. The lowest BCUT2D eigenvalue weighted by Crippen LogP contribution is -2.24. The van der Waals surface area contributed by atoms with Crippen molar-refractivity contribution in [2.24, 2.45) is 0 Å². The smallest absolute Gasteiger partial charge is 0.138 e. The van der Waals surface area contributed by atoms with E-state index in [0.29, 0.717) is 0 Å². The fourth-order valence-corrected chi connectivity index (χ4v) is 2.46. The van der Waals surface area contributed by atoms with Crippen molar-refractivity contribution in [3.05, 3.63) is 27.2 Å². The molecule has 0 radical (unpaired) electrons. The summed E-state index contributed by atoms with van der Waals surface area (Å²) in [6, 6.07) is 2.22. The number of aryl methyl sites for hydroxylation is 2. The van der Waals surface area contributed by atoms with Gasteiger partial charge in [0.1, 0.15) is 11.4 Å². The lowest BCUT2D eigenvalue weighted by Gasteiger charge is -2.17. The third kappa shape index (κ3) is 1.46. The van der Waals surface area contributed by atoms with Gasteiger partial charge in [0.15, 0.2) is 0 Å². The van der Waals surface area contributed by atoms with Crippen molar-refractivity contribution in [3.63, 3.8) is 0 Å². The van der Waals surface area contributed by atoms with Crippen LogP contribution in [0, 0.1) is 13.8 Å². The van der Waals surface area contributed by atoms with Crippen molar-refractivity contribution in [2.45, 2.75) is 39.7 Å². The van der Waals surface area contributed by atoms with Gasteiger partial charge in [0.2, 0.25) is 0 Å². The van der Waals surface area contributed by atoms with Crippen molar-refractivity contribution in [2.75, 3.05) is 0 Å². The van der Waals surface area contributed by atoms with Crippen LogP contribution in [0.25, 0.3) is 0 Å². The van der Waals surface area contributed by atoms with Crippen LogP contribution in [0.3, 0.4) is 0 Å². The summed E-state index contributed by atoms with van der Waals surface area (Å²) in [6.07, 6.45) is 1.01. The number of hydrogen-bond donors (Lipinski definition) is 0. The van der Waals surface area contributed by atoms with Crippen LogP contribution in [0.4, 0.5) is 0 Å². The molecule has 76 valence electrons. The van der Waals surface area contributed by atoms with Crippen LogP contribution in [0.15, 0.2) is 10.5 Å². The Morgan fingerprint density at radius 1 is 1.29 bits per heavy atom. The second kappa shape index (κ2) is 2.99. The minimum absolute atomic E-state index is 0.0522. The van der Waals surface area contributed by atoms with Gasteiger partial charge in [0.05, 0.1) is 4.47 Å². The van der Waals surface area contributed by atoms with Gasteiger partial charge in [-0.25, -0.2) is 0 Å². The van der Waals surface area contributed by atoms with Crippen LogP contribution in [0.2, 0.25) is 0 Å². The van der Waals surface area contributed by atoms with Gasteiger partial charge in [0, 0.05) is 12.0 Å². The molecule has 0 bridgehead atoms. The van der Waals surface area contributed by atoms with Crippen LogP contribution < -0.4 is 4.74 Å². The molecule has 0 spiro atoms. The van der Waals surface area contributed by atoms with E-state index in [1.165, 1.54) is 16.7 Å². The summed E-state index contributed by atoms with van der Waals surface area (Å²) in [4.78, 5) is 0. The summed E-state index contributed by atoms with van der Waals surface area (Å²) >= 11 is 3.59. The third-order valence-corrected chi connectivity index (χ3v) is 3.70. The Balaban J connectivity index is 2.61. The Morgan fingerprint density at radius 3 is 2.57 bits per heavy atom. The van der Waals surface area contributed by atoms with E-state index in [-0.39, 0.29) is 5.60 Å². The number of halogens is 1. The van der Waals surface area contributed by atoms with Gasteiger partial charge in [-0.3, -0.25) is 0 Å². The summed E-state index contributed by atoms with van der Waals surface area (Å²) in [6.45, 7) is 8.53. The van der Waals surface area contributed by atoms with Crippen LogP contribution in [-0.4, -0.2) is 5.60 Å². The molecule has 1 heterocycles. The normalized spacial score (nSPS) is 17.8. The Morgan fingerprint density at radius 2 is 1.93 bits per heavy atom. The number of fused-ring (bicyclic) bond motifs is 1. The molecule has 0 N–H and O–H groups in total. The van der Waals surface area contributed by atoms with Gasteiger partial charge >= 0.3 is 0 Å². The lowest BCUT2D eigenvalue weighted by atomic mass is 9.97. The summed E-state index contributed by atoms with van der Waals surface area (Å²) in [5.41, 5.74) is 3.89. The predicted octanol–water partition coefficient (Wildman–Crippen LogP) is 3.78. The Labute approximate surface area is 93.6 Å². The standard InChI is InChI=1S/C12H15BrO/c1-7-5-8(2)10(13)11-9(7)6-12(3,4)14-11/h5H,6H2,1-4H3. The largest absolute Gasteiger partial charge is 0.486 e. The van der Waals surface area contributed by atoms with Crippen molar-refractivity contribution in [3.8, 4) is 5.75 Å². The summed E-state index contributed by atoms with van der Waals surface area (Å²) in [5, 5.41) is 0. The van der Waals surface area contributed by atoms with E-state index in [2.05, 4.69) is 49.7 Å². The molecule has 1 aliphatic heterocycles. The van der Waals surface area contributed by atoms with E-state index >= 15 is 0 Å². The fraction of sp³-hybridized carbons (Fsp3) is 0.500. The zero-order valence-electron chi connectivity index (χ0n) is 9.07. The minimum atomic E-state index is -0.0522. The fourth-order valence-electron chi connectivity index (χ4n) is 2.03. The predicted molar refractivity (Wildman–Crippen MR) is 62.0 cm³/mol. The molecule has 2 heteroatoms. The highest BCUT2D eigenvalue weighted by molar-refractivity contribution is 9.10. The van der Waals surface area contributed by atoms with Gasteiger partial charge in [-0.05, 0) is 54.8 Å². The average molecular weight is 255 g/mol.